The maximum atomic E-state index is 5.88. The minimum absolute atomic E-state index is 0.111. The molecule has 1 atom stereocenters. The van der Waals surface area contributed by atoms with Gasteiger partial charge in [-0.25, -0.2) is 0 Å². The van der Waals surface area contributed by atoms with E-state index >= 15 is 0 Å². The van der Waals surface area contributed by atoms with Gasteiger partial charge in [-0.05, 0) is 39.7 Å². The summed E-state index contributed by atoms with van der Waals surface area (Å²) >= 11 is 0. The Hall–Kier alpha value is -1.06. The Morgan fingerprint density at radius 3 is 2.56 bits per heavy atom. The molecule has 1 aliphatic heterocycles. The van der Waals surface area contributed by atoms with Gasteiger partial charge in [0.1, 0.15) is 0 Å². The molecular formula is C15H21BO2. The van der Waals surface area contributed by atoms with E-state index in [0.717, 1.165) is 6.42 Å². The summed E-state index contributed by atoms with van der Waals surface area (Å²) < 4.78 is 11.6. The molecule has 18 heavy (non-hydrogen) atoms. The Kier molecular flexibility index (Phi) is 3.93. The topological polar surface area (TPSA) is 18.5 Å². The SMILES string of the molecule is Cc1ccc(C=CB2OC(C)CC(C)(C)O2)cc1. The van der Waals surface area contributed by atoms with E-state index in [1.54, 1.807) is 0 Å². The van der Waals surface area contributed by atoms with Crippen LogP contribution >= 0.6 is 0 Å². The number of rotatable bonds is 2. The molecule has 0 radical (unpaired) electrons. The van der Waals surface area contributed by atoms with Crippen LogP contribution in [0, 0.1) is 6.92 Å². The Balaban J connectivity index is 2.02. The summed E-state index contributed by atoms with van der Waals surface area (Å²) in [7, 11) is -0.245. The van der Waals surface area contributed by atoms with Crippen LogP contribution in [0.5, 0.6) is 0 Å². The summed E-state index contributed by atoms with van der Waals surface area (Å²) in [6.45, 7) is 8.40. The van der Waals surface area contributed by atoms with Crippen LogP contribution in [-0.4, -0.2) is 18.8 Å². The highest BCUT2D eigenvalue weighted by Gasteiger charge is 2.35. The van der Waals surface area contributed by atoms with Crippen molar-refractivity contribution in [3.05, 3.63) is 41.4 Å². The Bertz CT molecular complexity index is 423. The van der Waals surface area contributed by atoms with Crippen molar-refractivity contribution in [3.8, 4) is 0 Å². The average molecular weight is 244 g/mol. The second-order valence-corrected chi connectivity index (χ2v) is 5.67. The van der Waals surface area contributed by atoms with Crippen molar-refractivity contribution in [1.82, 2.24) is 0 Å². The monoisotopic (exact) mass is 244 g/mol. The van der Waals surface area contributed by atoms with Crippen LogP contribution in [0.4, 0.5) is 0 Å². The molecule has 0 N–H and O–H groups in total. The summed E-state index contributed by atoms with van der Waals surface area (Å²) in [6.07, 6.45) is 3.22. The Morgan fingerprint density at radius 2 is 1.94 bits per heavy atom. The van der Waals surface area contributed by atoms with Gasteiger partial charge in [-0.3, -0.25) is 0 Å². The van der Waals surface area contributed by atoms with E-state index in [-0.39, 0.29) is 18.8 Å². The van der Waals surface area contributed by atoms with Gasteiger partial charge in [0.25, 0.3) is 0 Å². The first-order valence-electron chi connectivity index (χ1n) is 6.53. The van der Waals surface area contributed by atoms with Gasteiger partial charge in [0, 0.05) is 6.10 Å². The predicted octanol–water partition coefficient (Wildman–Crippen LogP) is 3.64. The van der Waals surface area contributed by atoms with E-state index in [1.807, 2.05) is 5.98 Å². The molecule has 0 aromatic heterocycles. The zero-order valence-corrected chi connectivity index (χ0v) is 11.6. The lowest BCUT2D eigenvalue weighted by Gasteiger charge is -2.37. The Morgan fingerprint density at radius 1 is 1.28 bits per heavy atom. The van der Waals surface area contributed by atoms with Crippen molar-refractivity contribution < 1.29 is 9.31 Å². The number of aryl methyl sites for hydroxylation is 1. The molecule has 1 aliphatic rings. The van der Waals surface area contributed by atoms with Crippen LogP contribution in [-0.2, 0) is 9.31 Å². The largest absolute Gasteiger partial charge is 0.486 e. The molecule has 2 rings (SSSR count). The molecule has 1 unspecified atom stereocenters. The highest BCUT2D eigenvalue weighted by molar-refractivity contribution is 6.52. The molecule has 1 saturated heterocycles. The maximum Gasteiger partial charge on any atom is 0.486 e. The van der Waals surface area contributed by atoms with E-state index in [9.17, 15) is 0 Å². The lowest BCUT2D eigenvalue weighted by molar-refractivity contribution is -0.0235. The Labute approximate surface area is 110 Å². The fraction of sp³-hybridized carbons (Fsp3) is 0.467. The first-order valence-corrected chi connectivity index (χ1v) is 6.53. The van der Waals surface area contributed by atoms with E-state index in [2.05, 4.69) is 58.0 Å². The van der Waals surface area contributed by atoms with Gasteiger partial charge in [-0.2, -0.15) is 0 Å². The summed E-state index contributed by atoms with van der Waals surface area (Å²) in [4.78, 5) is 0. The van der Waals surface area contributed by atoms with Gasteiger partial charge >= 0.3 is 7.12 Å². The highest BCUT2D eigenvalue weighted by atomic mass is 16.6. The zero-order chi connectivity index (χ0) is 13.2. The van der Waals surface area contributed by atoms with E-state index in [4.69, 9.17) is 9.31 Å². The molecule has 1 aromatic rings. The van der Waals surface area contributed by atoms with Gasteiger partial charge in [-0.1, -0.05) is 41.9 Å². The molecule has 1 heterocycles. The fourth-order valence-electron chi connectivity index (χ4n) is 2.31. The molecular weight excluding hydrogens is 223 g/mol. The molecule has 2 nitrogen and oxygen atoms in total. The van der Waals surface area contributed by atoms with E-state index < -0.39 is 0 Å². The van der Waals surface area contributed by atoms with Crippen molar-refractivity contribution in [2.75, 3.05) is 0 Å². The normalized spacial score (nSPS) is 23.6. The molecule has 0 amide bonds. The second kappa shape index (κ2) is 5.29. The molecule has 0 bridgehead atoms. The number of hydrogen-bond donors (Lipinski definition) is 0. The van der Waals surface area contributed by atoms with E-state index in [0.29, 0.717) is 0 Å². The van der Waals surface area contributed by atoms with Gasteiger partial charge < -0.3 is 9.31 Å². The molecule has 3 heteroatoms. The van der Waals surface area contributed by atoms with Crippen molar-refractivity contribution in [2.45, 2.75) is 45.8 Å². The third-order valence-electron chi connectivity index (χ3n) is 3.10. The van der Waals surface area contributed by atoms with E-state index in [1.165, 1.54) is 11.1 Å². The molecule has 1 aromatic carbocycles. The minimum Gasteiger partial charge on any atom is -0.405 e. The summed E-state index contributed by atoms with van der Waals surface area (Å²) in [6, 6.07) is 8.41. The quantitative estimate of drug-likeness (QED) is 0.739. The summed E-state index contributed by atoms with van der Waals surface area (Å²) in [5, 5.41) is 0. The van der Waals surface area contributed by atoms with Crippen molar-refractivity contribution in [1.29, 1.82) is 0 Å². The minimum atomic E-state index is -0.245. The lowest BCUT2D eigenvalue weighted by atomic mass is 9.82. The first kappa shape index (κ1) is 13.4. The molecule has 0 aliphatic carbocycles. The van der Waals surface area contributed by atoms with Crippen LogP contribution in [0.3, 0.4) is 0 Å². The molecule has 0 saturated carbocycles. The van der Waals surface area contributed by atoms with Crippen molar-refractivity contribution in [3.63, 3.8) is 0 Å². The third kappa shape index (κ3) is 3.72. The van der Waals surface area contributed by atoms with Gasteiger partial charge in [0.15, 0.2) is 0 Å². The van der Waals surface area contributed by atoms with Gasteiger partial charge in [-0.15, -0.1) is 0 Å². The summed E-state index contributed by atoms with van der Waals surface area (Å²) in [5.74, 6) is 1.99. The van der Waals surface area contributed by atoms with Crippen LogP contribution < -0.4 is 0 Å². The average Bonchev–Trinajstić information content (AvgIpc) is 2.25. The molecule has 1 fully saturated rings. The standard InChI is InChI=1S/C15H21BO2/c1-12-5-7-14(8-6-12)9-10-16-17-13(2)11-15(3,4)18-16/h5-10,13H,11H2,1-4H3. The lowest BCUT2D eigenvalue weighted by Crippen LogP contribution is -2.45. The second-order valence-electron chi connectivity index (χ2n) is 5.67. The predicted molar refractivity (Wildman–Crippen MR) is 76.3 cm³/mol. The van der Waals surface area contributed by atoms with Gasteiger partial charge in [0.2, 0.25) is 0 Å². The maximum absolute atomic E-state index is 5.88. The van der Waals surface area contributed by atoms with Crippen LogP contribution in [0.25, 0.3) is 6.08 Å². The van der Waals surface area contributed by atoms with Gasteiger partial charge in [0.05, 0.1) is 5.60 Å². The first-order chi connectivity index (χ1) is 8.44. The molecule has 96 valence electrons. The highest BCUT2D eigenvalue weighted by Crippen LogP contribution is 2.26. The number of hydrogen-bond acceptors (Lipinski definition) is 2. The fourth-order valence-corrected chi connectivity index (χ4v) is 2.31. The van der Waals surface area contributed by atoms with Crippen molar-refractivity contribution in [2.24, 2.45) is 0 Å². The number of benzene rings is 1. The van der Waals surface area contributed by atoms with Crippen LogP contribution in [0.15, 0.2) is 30.2 Å². The summed E-state index contributed by atoms with van der Waals surface area (Å²) in [5.41, 5.74) is 2.33. The third-order valence-corrected chi connectivity index (χ3v) is 3.10. The van der Waals surface area contributed by atoms with Crippen LogP contribution in [0.1, 0.15) is 38.3 Å². The molecule has 0 spiro atoms. The van der Waals surface area contributed by atoms with Crippen molar-refractivity contribution >= 4 is 13.2 Å². The zero-order valence-electron chi connectivity index (χ0n) is 11.6. The smallest absolute Gasteiger partial charge is 0.405 e. The van der Waals surface area contributed by atoms with Crippen LogP contribution in [0.2, 0.25) is 0 Å².